The van der Waals surface area contributed by atoms with E-state index in [2.05, 4.69) is 19.6 Å². The molecule has 0 aromatic heterocycles. The SMILES string of the molecule is CCC(CS)COc1ccc(Cl)c(F)c1. The molecular formula is C11H14ClFOS. The zero-order valence-corrected chi connectivity index (χ0v) is 10.2. The van der Waals surface area contributed by atoms with E-state index in [1.54, 1.807) is 6.07 Å². The Morgan fingerprint density at radius 1 is 1.53 bits per heavy atom. The van der Waals surface area contributed by atoms with E-state index >= 15 is 0 Å². The summed E-state index contributed by atoms with van der Waals surface area (Å²) >= 11 is 9.76. The monoisotopic (exact) mass is 248 g/mol. The molecule has 1 aromatic rings. The molecule has 0 aliphatic heterocycles. The van der Waals surface area contributed by atoms with Crippen molar-refractivity contribution in [1.29, 1.82) is 0 Å². The van der Waals surface area contributed by atoms with Gasteiger partial charge in [0, 0.05) is 12.0 Å². The fourth-order valence-electron chi connectivity index (χ4n) is 1.08. The third-order valence-corrected chi connectivity index (χ3v) is 3.04. The number of hydrogen-bond donors (Lipinski definition) is 1. The predicted octanol–water partition coefficient (Wildman–Crippen LogP) is 3.81. The number of thiol groups is 1. The largest absolute Gasteiger partial charge is 0.493 e. The third-order valence-electron chi connectivity index (χ3n) is 2.21. The Morgan fingerprint density at radius 2 is 2.27 bits per heavy atom. The van der Waals surface area contributed by atoms with Crippen LogP contribution in [0.3, 0.4) is 0 Å². The number of rotatable bonds is 5. The number of hydrogen-bond acceptors (Lipinski definition) is 2. The summed E-state index contributed by atoms with van der Waals surface area (Å²) in [5.74, 6) is 1.23. The van der Waals surface area contributed by atoms with Crippen molar-refractivity contribution in [3.8, 4) is 5.75 Å². The molecule has 0 aliphatic carbocycles. The van der Waals surface area contributed by atoms with Gasteiger partial charge in [0.25, 0.3) is 0 Å². The zero-order valence-electron chi connectivity index (χ0n) is 8.54. The quantitative estimate of drug-likeness (QED) is 0.780. The molecule has 1 nitrogen and oxygen atoms in total. The van der Waals surface area contributed by atoms with Gasteiger partial charge in [-0.15, -0.1) is 0 Å². The van der Waals surface area contributed by atoms with Crippen molar-refractivity contribution in [3.63, 3.8) is 0 Å². The van der Waals surface area contributed by atoms with Crippen molar-refractivity contribution in [2.45, 2.75) is 13.3 Å². The maximum atomic E-state index is 13.0. The van der Waals surface area contributed by atoms with Gasteiger partial charge in [0.1, 0.15) is 11.6 Å². The highest BCUT2D eigenvalue weighted by atomic mass is 35.5. The van der Waals surface area contributed by atoms with Gasteiger partial charge in [-0.25, -0.2) is 4.39 Å². The van der Waals surface area contributed by atoms with Gasteiger partial charge in [-0.1, -0.05) is 18.5 Å². The summed E-state index contributed by atoms with van der Waals surface area (Å²) in [4.78, 5) is 0. The molecular weight excluding hydrogens is 235 g/mol. The third kappa shape index (κ3) is 3.92. The first-order valence-corrected chi connectivity index (χ1v) is 5.87. The van der Waals surface area contributed by atoms with Crippen LogP contribution in [0.5, 0.6) is 5.75 Å². The van der Waals surface area contributed by atoms with Gasteiger partial charge < -0.3 is 4.74 Å². The highest BCUT2D eigenvalue weighted by Crippen LogP contribution is 2.21. The smallest absolute Gasteiger partial charge is 0.145 e. The summed E-state index contributed by atoms with van der Waals surface area (Å²) in [6.45, 7) is 2.63. The molecule has 1 atom stereocenters. The highest BCUT2D eigenvalue weighted by molar-refractivity contribution is 7.80. The van der Waals surface area contributed by atoms with E-state index in [-0.39, 0.29) is 5.02 Å². The Morgan fingerprint density at radius 3 is 2.80 bits per heavy atom. The van der Waals surface area contributed by atoms with Crippen molar-refractivity contribution in [2.75, 3.05) is 12.4 Å². The van der Waals surface area contributed by atoms with Gasteiger partial charge in [-0.3, -0.25) is 0 Å². The van der Waals surface area contributed by atoms with Crippen molar-refractivity contribution in [1.82, 2.24) is 0 Å². The molecule has 0 bridgehead atoms. The van der Waals surface area contributed by atoms with Crippen LogP contribution >= 0.6 is 24.2 Å². The molecule has 1 aromatic carbocycles. The molecule has 1 unspecified atom stereocenters. The van der Waals surface area contributed by atoms with E-state index in [0.29, 0.717) is 18.3 Å². The summed E-state index contributed by atoms with van der Waals surface area (Å²) in [7, 11) is 0. The minimum atomic E-state index is -0.451. The Balaban J connectivity index is 2.54. The normalized spacial score (nSPS) is 12.5. The molecule has 0 saturated heterocycles. The molecule has 15 heavy (non-hydrogen) atoms. The number of ether oxygens (including phenoxy) is 1. The Bertz CT molecular complexity index is 315. The van der Waals surface area contributed by atoms with E-state index in [0.717, 1.165) is 12.2 Å². The standard InChI is InChI=1S/C11H14ClFOS/c1-2-8(7-15)6-14-9-3-4-10(12)11(13)5-9/h3-5,8,15H,2,6-7H2,1H3. The molecule has 0 spiro atoms. The molecule has 84 valence electrons. The van der Waals surface area contributed by atoms with Crippen molar-refractivity contribution >= 4 is 24.2 Å². The Kier molecular flexibility index (Phi) is 5.26. The topological polar surface area (TPSA) is 9.23 Å². The second kappa shape index (κ2) is 6.23. The molecule has 0 heterocycles. The number of benzene rings is 1. The summed E-state index contributed by atoms with van der Waals surface area (Å²) in [5, 5.41) is 0.114. The van der Waals surface area contributed by atoms with Crippen LogP contribution in [0.25, 0.3) is 0 Å². The fraction of sp³-hybridized carbons (Fsp3) is 0.455. The predicted molar refractivity (Wildman–Crippen MR) is 64.5 cm³/mol. The number of halogens is 2. The van der Waals surface area contributed by atoms with E-state index in [1.807, 2.05) is 0 Å². The lowest BCUT2D eigenvalue weighted by molar-refractivity contribution is 0.258. The van der Waals surface area contributed by atoms with Crippen molar-refractivity contribution < 1.29 is 9.13 Å². The molecule has 0 N–H and O–H groups in total. The molecule has 1 rings (SSSR count). The summed E-state index contributed by atoms with van der Waals surface area (Å²) in [5.41, 5.74) is 0. The molecule has 0 radical (unpaired) electrons. The van der Waals surface area contributed by atoms with Crippen LogP contribution in [0.4, 0.5) is 4.39 Å². The lowest BCUT2D eigenvalue weighted by Crippen LogP contribution is -2.12. The van der Waals surface area contributed by atoms with Crippen LogP contribution in [0.2, 0.25) is 5.02 Å². The maximum Gasteiger partial charge on any atom is 0.145 e. The molecule has 0 amide bonds. The van der Waals surface area contributed by atoms with Crippen LogP contribution in [0.15, 0.2) is 18.2 Å². The van der Waals surface area contributed by atoms with Crippen LogP contribution in [0.1, 0.15) is 13.3 Å². The summed E-state index contributed by atoms with van der Waals surface area (Å²) < 4.78 is 18.5. The van der Waals surface area contributed by atoms with Crippen LogP contribution in [0, 0.1) is 11.7 Å². The maximum absolute atomic E-state index is 13.0. The Labute approximate surface area is 100.0 Å². The van der Waals surface area contributed by atoms with Gasteiger partial charge in [-0.05, 0) is 24.3 Å². The average molecular weight is 249 g/mol. The van der Waals surface area contributed by atoms with E-state index in [1.165, 1.54) is 12.1 Å². The van der Waals surface area contributed by atoms with Crippen LogP contribution in [-0.4, -0.2) is 12.4 Å². The second-order valence-corrected chi connectivity index (χ2v) is 4.12. The first kappa shape index (κ1) is 12.7. The molecule has 0 aliphatic rings. The second-order valence-electron chi connectivity index (χ2n) is 3.34. The Hall–Kier alpha value is -0.410. The fourth-order valence-corrected chi connectivity index (χ4v) is 1.56. The zero-order chi connectivity index (χ0) is 11.3. The van der Waals surface area contributed by atoms with Crippen molar-refractivity contribution in [2.24, 2.45) is 5.92 Å². The molecule has 0 fully saturated rings. The van der Waals surface area contributed by atoms with E-state index < -0.39 is 5.82 Å². The van der Waals surface area contributed by atoms with E-state index in [9.17, 15) is 4.39 Å². The van der Waals surface area contributed by atoms with Gasteiger partial charge in [-0.2, -0.15) is 12.6 Å². The van der Waals surface area contributed by atoms with Gasteiger partial charge in [0.05, 0.1) is 11.6 Å². The lowest BCUT2D eigenvalue weighted by Gasteiger charge is -2.13. The van der Waals surface area contributed by atoms with Gasteiger partial charge in [0.15, 0.2) is 0 Å². The summed E-state index contributed by atoms with van der Waals surface area (Å²) in [6, 6.07) is 4.46. The lowest BCUT2D eigenvalue weighted by atomic mass is 10.1. The van der Waals surface area contributed by atoms with Crippen LogP contribution < -0.4 is 4.74 Å². The molecule has 4 heteroatoms. The summed E-state index contributed by atoms with van der Waals surface area (Å²) in [6.07, 6.45) is 1.000. The van der Waals surface area contributed by atoms with E-state index in [4.69, 9.17) is 16.3 Å². The average Bonchev–Trinajstić information content (AvgIpc) is 2.24. The minimum absolute atomic E-state index is 0.114. The van der Waals surface area contributed by atoms with Crippen molar-refractivity contribution in [3.05, 3.63) is 29.0 Å². The highest BCUT2D eigenvalue weighted by Gasteiger charge is 2.06. The first-order valence-electron chi connectivity index (χ1n) is 4.86. The molecule has 0 saturated carbocycles. The van der Waals surface area contributed by atoms with Gasteiger partial charge in [0.2, 0.25) is 0 Å². The van der Waals surface area contributed by atoms with Crippen LogP contribution in [-0.2, 0) is 0 Å². The minimum Gasteiger partial charge on any atom is -0.493 e. The van der Waals surface area contributed by atoms with Gasteiger partial charge >= 0.3 is 0 Å². The first-order chi connectivity index (χ1) is 7.17.